The average molecular weight is 549 g/mol. The van der Waals surface area contributed by atoms with Gasteiger partial charge in [-0.25, -0.2) is 0 Å². The summed E-state index contributed by atoms with van der Waals surface area (Å²) in [4.78, 5) is 31.5. The fourth-order valence-electron chi connectivity index (χ4n) is 5.55. The molecule has 0 saturated carbocycles. The summed E-state index contributed by atoms with van der Waals surface area (Å²) in [6, 6.07) is 12.2. The van der Waals surface area contributed by atoms with Gasteiger partial charge in [0.05, 0.1) is 4.91 Å². The number of carbonyl (C=O) groups is 1. The molecule has 0 N–H and O–H groups in total. The molecule has 0 aliphatic carbocycles. The molecule has 2 fully saturated rings. The van der Waals surface area contributed by atoms with Crippen LogP contribution in [0.2, 0.25) is 0 Å². The molecule has 1 aromatic carbocycles. The number of carbonyl (C=O) groups excluding carboxylic acids is 1. The molecular formula is C30H36N4O2S2. The minimum atomic E-state index is -0.244. The van der Waals surface area contributed by atoms with Crippen LogP contribution in [0.4, 0.5) is 5.82 Å². The molecular weight excluding hydrogens is 512 g/mol. The van der Waals surface area contributed by atoms with E-state index in [1.807, 2.05) is 43.3 Å². The van der Waals surface area contributed by atoms with Gasteiger partial charge in [0, 0.05) is 31.7 Å². The Balaban J connectivity index is 1.79. The number of aromatic nitrogens is 1. The standard InChI is InChI=1S/C30H36N4O2S2/c1-5-6-13-33-27(32-18-20(2)15-21(3)19-32)24(22(4)25(17-31)28(33)35)16-26-29(36)34(30(37)38-26)14-12-23-10-8-7-9-11-23/h7-11,16,20-21H,5-6,12-15,18-19H2,1-4H3/b26-16+. The molecule has 2 saturated heterocycles. The summed E-state index contributed by atoms with van der Waals surface area (Å²) in [5.74, 6) is 1.67. The minimum Gasteiger partial charge on any atom is -0.357 e. The van der Waals surface area contributed by atoms with Crippen LogP contribution in [-0.4, -0.2) is 39.3 Å². The van der Waals surface area contributed by atoms with Gasteiger partial charge in [0.25, 0.3) is 11.5 Å². The summed E-state index contributed by atoms with van der Waals surface area (Å²) in [7, 11) is 0. The van der Waals surface area contributed by atoms with Gasteiger partial charge in [0.1, 0.15) is 21.8 Å². The highest BCUT2D eigenvalue weighted by atomic mass is 32.2. The number of piperidine rings is 1. The number of hydrogen-bond acceptors (Lipinski definition) is 6. The predicted octanol–water partition coefficient (Wildman–Crippen LogP) is 5.75. The van der Waals surface area contributed by atoms with Crippen molar-refractivity contribution < 1.29 is 4.79 Å². The molecule has 6 nitrogen and oxygen atoms in total. The van der Waals surface area contributed by atoms with E-state index in [4.69, 9.17) is 12.2 Å². The van der Waals surface area contributed by atoms with Gasteiger partial charge in [-0.15, -0.1) is 0 Å². The van der Waals surface area contributed by atoms with E-state index >= 15 is 0 Å². The highest BCUT2D eigenvalue weighted by molar-refractivity contribution is 8.26. The fourth-order valence-corrected chi connectivity index (χ4v) is 6.84. The largest absolute Gasteiger partial charge is 0.357 e. The molecule has 200 valence electrons. The zero-order valence-electron chi connectivity index (χ0n) is 22.7. The molecule has 8 heteroatoms. The Bertz CT molecular complexity index is 1330. The van der Waals surface area contributed by atoms with E-state index in [2.05, 4.69) is 31.7 Å². The van der Waals surface area contributed by atoms with E-state index in [1.54, 1.807) is 9.47 Å². The Morgan fingerprint density at radius 2 is 1.82 bits per heavy atom. The Kier molecular flexibility index (Phi) is 9.11. The van der Waals surface area contributed by atoms with Crippen molar-refractivity contribution >= 4 is 46.1 Å². The van der Waals surface area contributed by atoms with Crippen LogP contribution in [0.25, 0.3) is 6.08 Å². The molecule has 4 rings (SSSR count). The minimum absolute atomic E-state index is 0.119. The number of nitrogens with zero attached hydrogens (tertiary/aromatic N) is 4. The Morgan fingerprint density at radius 3 is 2.45 bits per heavy atom. The van der Waals surface area contributed by atoms with Crippen molar-refractivity contribution in [1.29, 1.82) is 5.26 Å². The summed E-state index contributed by atoms with van der Waals surface area (Å²) in [6.45, 7) is 11.1. The second-order valence-electron chi connectivity index (χ2n) is 10.6. The van der Waals surface area contributed by atoms with Gasteiger partial charge in [-0.1, -0.05) is 81.5 Å². The molecule has 3 heterocycles. The number of benzene rings is 1. The SMILES string of the molecule is CCCCn1c(N2CC(C)CC(C)C2)c(/C=C2/SC(=S)N(CCc3ccccc3)C2=O)c(C)c(C#N)c1=O. The van der Waals surface area contributed by atoms with Crippen molar-refractivity contribution in [3.8, 4) is 6.07 Å². The molecule has 2 atom stereocenters. The molecule has 38 heavy (non-hydrogen) atoms. The number of nitriles is 1. The number of amides is 1. The monoisotopic (exact) mass is 548 g/mol. The number of pyridine rings is 1. The third-order valence-electron chi connectivity index (χ3n) is 7.37. The van der Waals surface area contributed by atoms with Crippen molar-refractivity contribution in [2.45, 2.75) is 59.9 Å². The Hall–Kier alpha value is -2.89. The van der Waals surface area contributed by atoms with Gasteiger partial charge in [-0.05, 0) is 55.2 Å². The number of rotatable bonds is 8. The maximum Gasteiger partial charge on any atom is 0.270 e. The van der Waals surface area contributed by atoms with Gasteiger partial charge in [0.2, 0.25) is 0 Å². The Morgan fingerprint density at radius 1 is 1.13 bits per heavy atom. The van der Waals surface area contributed by atoms with Crippen molar-refractivity contribution in [1.82, 2.24) is 9.47 Å². The van der Waals surface area contributed by atoms with Gasteiger partial charge in [-0.2, -0.15) is 5.26 Å². The third kappa shape index (κ3) is 5.89. The molecule has 0 radical (unpaired) electrons. The lowest BCUT2D eigenvalue weighted by Crippen LogP contribution is -2.43. The number of anilines is 1. The average Bonchev–Trinajstić information content (AvgIpc) is 3.15. The van der Waals surface area contributed by atoms with Gasteiger partial charge >= 0.3 is 0 Å². The zero-order chi connectivity index (χ0) is 27.4. The number of unbranched alkanes of at least 4 members (excludes halogenated alkanes) is 1. The van der Waals surface area contributed by atoms with Crippen LogP contribution in [0.1, 0.15) is 62.3 Å². The summed E-state index contributed by atoms with van der Waals surface area (Å²) < 4.78 is 2.32. The van der Waals surface area contributed by atoms with Crippen LogP contribution in [0.3, 0.4) is 0 Å². The fraction of sp³-hybridized carbons (Fsp3) is 0.467. The van der Waals surface area contributed by atoms with Gasteiger partial charge < -0.3 is 4.90 Å². The molecule has 2 aliphatic rings. The quantitative estimate of drug-likeness (QED) is 0.309. The van der Waals surface area contributed by atoms with Gasteiger partial charge in [-0.3, -0.25) is 19.1 Å². The van der Waals surface area contributed by atoms with Gasteiger partial charge in [0.15, 0.2) is 0 Å². The van der Waals surface area contributed by atoms with Crippen LogP contribution in [0, 0.1) is 30.1 Å². The number of hydrogen-bond donors (Lipinski definition) is 0. The molecule has 1 amide bonds. The van der Waals surface area contributed by atoms with E-state index in [-0.39, 0.29) is 17.0 Å². The molecule has 2 aliphatic heterocycles. The molecule has 0 spiro atoms. The van der Waals surface area contributed by atoms with E-state index in [9.17, 15) is 14.9 Å². The lowest BCUT2D eigenvalue weighted by Gasteiger charge is -2.39. The molecule has 2 unspecified atom stereocenters. The Labute approximate surface area is 235 Å². The first-order valence-corrected chi connectivity index (χ1v) is 14.7. The van der Waals surface area contributed by atoms with Crippen LogP contribution in [0.15, 0.2) is 40.0 Å². The second-order valence-corrected chi connectivity index (χ2v) is 12.3. The highest BCUT2D eigenvalue weighted by Crippen LogP contribution is 2.37. The van der Waals surface area contributed by atoms with Crippen molar-refractivity contribution in [3.63, 3.8) is 0 Å². The van der Waals surface area contributed by atoms with Crippen molar-refractivity contribution in [2.75, 3.05) is 24.5 Å². The summed E-state index contributed by atoms with van der Waals surface area (Å²) in [5, 5.41) is 9.94. The van der Waals surface area contributed by atoms with Crippen molar-refractivity contribution in [2.24, 2.45) is 11.8 Å². The second kappa shape index (κ2) is 12.3. The maximum atomic E-state index is 13.5. The predicted molar refractivity (Wildman–Crippen MR) is 160 cm³/mol. The van der Waals surface area contributed by atoms with Crippen molar-refractivity contribution in [3.05, 3.63) is 67.8 Å². The highest BCUT2D eigenvalue weighted by Gasteiger charge is 2.34. The van der Waals surface area contributed by atoms with E-state index in [0.717, 1.165) is 55.7 Å². The number of thioether (sulfide) groups is 1. The van der Waals surface area contributed by atoms with E-state index < -0.39 is 0 Å². The van der Waals surface area contributed by atoms with Crippen LogP contribution >= 0.6 is 24.0 Å². The van der Waals surface area contributed by atoms with Crippen LogP contribution < -0.4 is 10.5 Å². The molecule has 1 aromatic heterocycles. The summed E-state index contributed by atoms with van der Waals surface area (Å²) >= 11 is 6.91. The normalized spacial score (nSPS) is 20.9. The lowest BCUT2D eigenvalue weighted by molar-refractivity contribution is -0.122. The maximum absolute atomic E-state index is 13.5. The summed E-state index contributed by atoms with van der Waals surface area (Å²) in [5.41, 5.74) is 2.46. The van der Waals surface area contributed by atoms with E-state index in [1.165, 1.54) is 11.8 Å². The summed E-state index contributed by atoms with van der Waals surface area (Å²) in [6.07, 6.45) is 5.50. The smallest absolute Gasteiger partial charge is 0.270 e. The molecule has 2 aromatic rings. The molecule has 0 bridgehead atoms. The first-order valence-electron chi connectivity index (χ1n) is 13.5. The topological polar surface area (TPSA) is 69.3 Å². The first-order chi connectivity index (χ1) is 18.2. The first kappa shape index (κ1) is 28.1. The zero-order valence-corrected chi connectivity index (χ0v) is 24.3. The van der Waals surface area contributed by atoms with E-state index in [0.29, 0.717) is 39.7 Å². The number of thiocarbonyl (C=S) groups is 1. The van der Waals surface area contributed by atoms with Crippen LogP contribution in [-0.2, 0) is 17.8 Å². The van der Waals surface area contributed by atoms with Crippen LogP contribution in [0.5, 0.6) is 0 Å². The lowest BCUT2D eigenvalue weighted by atomic mass is 9.91. The third-order valence-corrected chi connectivity index (χ3v) is 8.74.